The molecule has 2 atom stereocenters. The van der Waals surface area contributed by atoms with Crippen molar-refractivity contribution in [3.63, 3.8) is 0 Å². The van der Waals surface area contributed by atoms with Gasteiger partial charge in [0, 0.05) is 10.9 Å². The average Bonchev–Trinajstić information content (AvgIpc) is 3.08. The minimum absolute atomic E-state index is 0.0623. The number of rotatable bonds is 5. The lowest BCUT2D eigenvalue weighted by Gasteiger charge is -2.03. The molecular formula is C16H15FN2O3S. The normalized spacial score (nSPS) is 19.2. The molecule has 1 aromatic carbocycles. The van der Waals surface area contributed by atoms with E-state index in [-0.39, 0.29) is 24.3 Å². The van der Waals surface area contributed by atoms with Crippen molar-refractivity contribution in [2.45, 2.75) is 13.3 Å². The van der Waals surface area contributed by atoms with Crippen LogP contribution in [0.15, 0.2) is 29.6 Å². The number of esters is 1. The van der Waals surface area contributed by atoms with Crippen molar-refractivity contribution in [1.29, 1.82) is 0 Å². The van der Waals surface area contributed by atoms with Gasteiger partial charge in [-0.15, -0.1) is 11.3 Å². The zero-order valence-electron chi connectivity index (χ0n) is 12.4. The molecule has 0 spiro atoms. The summed E-state index contributed by atoms with van der Waals surface area (Å²) in [5.74, 6) is -0.773. The van der Waals surface area contributed by atoms with Crippen molar-refractivity contribution in [3.8, 4) is 11.3 Å². The Morgan fingerprint density at radius 1 is 1.39 bits per heavy atom. The number of halogens is 1. The zero-order valence-corrected chi connectivity index (χ0v) is 13.2. The van der Waals surface area contributed by atoms with E-state index in [1.54, 1.807) is 17.5 Å². The number of nitrogens with one attached hydrogen (secondary N) is 1. The quantitative estimate of drug-likeness (QED) is 0.853. The van der Waals surface area contributed by atoms with Crippen LogP contribution in [0.4, 0.5) is 9.52 Å². The van der Waals surface area contributed by atoms with E-state index in [0.29, 0.717) is 16.7 Å². The van der Waals surface area contributed by atoms with Crippen molar-refractivity contribution in [2.24, 2.45) is 11.8 Å². The summed E-state index contributed by atoms with van der Waals surface area (Å²) in [7, 11) is 0. The maximum absolute atomic E-state index is 12.9. The first kappa shape index (κ1) is 15.6. The van der Waals surface area contributed by atoms with Crippen LogP contribution in [0.25, 0.3) is 11.3 Å². The summed E-state index contributed by atoms with van der Waals surface area (Å²) < 4.78 is 17.9. The highest BCUT2D eigenvalue weighted by molar-refractivity contribution is 7.14. The maximum Gasteiger partial charge on any atom is 0.309 e. The van der Waals surface area contributed by atoms with E-state index in [0.717, 1.165) is 12.0 Å². The molecule has 1 N–H and O–H groups in total. The molecule has 7 heteroatoms. The van der Waals surface area contributed by atoms with Gasteiger partial charge in [0.15, 0.2) is 11.7 Å². The van der Waals surface area contributed by atoms with Crippen molar-refractivity contribution in [1.82, 2.24) is 4.98 Å². The minimum atomic E-state index is -0.424. The number of thiazole rings is 1. The van der Waals surface area contributed by atoms with Crippen LogP contribution < -0.4 is 5.32 Å². The van der Waals surface area contributed by atoms with E-state index in [1.807, 2.05) is 6.92 Å². The van der Waals surface area contributed by atoms with Gasteiger partial charge in [-0.05, 0) is 36.6 Å². The lowest BCUT2D eigenvalue weighted by Crippen LogP contribution is -2.21. The predicted molar refractivity (Wildman–Crippen MR) is 84.4 cm³/mol. The molecule has 1 aromatic heterocycles. The Hall–Kier alpha value is -2.28. The van der Waals surface area contributed by atoms with E-state index in [1.165, 1.54) is 23.5 Å². The second-order valence-electron chi connectivity index (χ2n) is 5.52. The standard InChI is InChI=1S/C16H15FN2O3S/c1-9-6-12(9)15(21)22-7-14(20)19-16-18-13(8-23-16)10-2-4-11(17)5-3-10/h2-5,8-9,12H,6-7H2,1H3,(H,18,19,20)/t9-,12-/m0/s1. The van der Waals surface area contributed by atoms with Gasteiger partial charge in [-0.3, -0.25) is 14.9 Å². The number of benzene rings is 1. The summed E-state index contributed by atoms with van der Waals surface area (Å²) in [5, 5.41) is 4.76. The molecule has 0 radical (unpaired) electrons. The highest BCUT2D eigenvalue weighted by Crippen LogP contribution is 2.38. The van der Waals surface area contributed by atoms with E-state index in [2.05, 4.69) is 10.3 Å². The van der Waals surface area contributed by atoms with E-state index < -0.39 is 5.91 Å². The van der Waals surface area contributed by atoms with Gasteiger partial charge in [0.05, 0.1) is 11.6 Å². The number of nitrogens with zero attached hydrogens (tertiary/aromatic N) is 1. The predicted octanol–water partition coefficient (Wildman–Crippen LogP) is 3.09. The van der Waals surface area contributed by atoms with Crippen LogP contribution in [0.2, 0.25) is 0 Å². The van der Waals surface area contributed by atoms with Crippen LogP contribution in [-0.2, 0) is 14.3 Å². The Morgan fingerprint density at radius 2 is 2.09 bits per heavy atom. The van der Waals surface area contributed by atoms with Crippen LogP contribution in [0.1, 0.15) is 13.3 Å². The van der Waals surface area contributed by atoms with Gasteiger partial charge in [0.25, 0.3) is 5.91 Å². The molecule has 5 nitrogen and oxygen atoms in total. The smallest absolute Gasteiger partial charge is 0.309 e. The molecule has 1 heterocycles. The zero-order chi connectivity index (χ0) is 16.4. The molecule has 0 unspecified atom stereocenters. The average molecular weight is 334 g/mol. The molecule has 0 bridgehead atoms. The Morgan fingerprint density at radius 3 is 2.74 bits per heavy atom. The monoisotopic (exact) mass is 334 g/mol. The summed E-state index contributed by atoms with van der Waals surface area (Å²) in [6.45, 7) is 1.66. The van der Waals surface area contributed by atoms with Crippen LogP contribution in [-0.4, -0.2) is 23.5 Å². The van der Waals surface area contributed by atoms with Crippen LogP contribution in [0.3, 0.4) is 0 Å². The summed E-state index contributed by atoms with van der Waals surface area (Å²) in [6.07, 6.45) is 0.827. The third-order valence-electron chi connectivity index (χ3n) is 3.65. The second kappa shape index (κ2) is 6.45. The molecule has 1 saturated carbocycles. The van der Waals surface area contributed by atoms with E-state index in [9.17, 15) is 14.0 Å². The fourth-order valence-corrected chi connectivity index (χ4v) is 2.87. The van der Waals surface area contributed by atoms with Crippen molar-refractivity contribution in [3.05, 3.63) is 35.5 Å². The van der Waals surface area contributed by atoms with Gasteiger partial charge < -0.3 is 4.74 Å². The first-order valence-corrected chi connectivity index (χ1v) is 8.09. The fraction of sp³-hybridized carbons (Fsp3) is 0.312. The number of hydrogen-bond donors (Lipinski definition) is 1. The number of anilines is 1. The van der Waals surface area contributed by atoms with Gasteiger partial charge in [0.2, 0.25) is 0 Å². The van der Waals surface area contributed by atoms with Crippen LogP contribution in [0.5, 0.6) is 0 Å². The first-order valence-electron chi connectivity index (χ1n) is 7.21. The maximum atomic E-state index is 12.9. The molecule has 1 amide bonds. The van der Waals surface area contributed by atoms with Crippen molar-refractivity contribution >= 4 is 28.3 Å². The number of carbonyl (C=O) groups is 2. The summed E-state index contributed by atoms with van der Waals surface area (Å²) in [5.41, 5.74) is 1.41. The molecule has 2 aromatic rings. The van der Waals surface area contributed by atoms with Gasteiger partial charge in [-0.25, -0.2) is 9.37 Å². The lowest BCUT2D eigenvalue weighted by molar-refractivity contribution is -0.148. The fourth-order valence-electron chi connectivity index (χ4n) is 2.13. The summed E-state index contributed by atoms with van der Waals surface area (Å²) in [6, 6.07) is 5.94. The van der Waals surface area contributed by atoms with Gasteiger partial charge in [0.1, 0.15) is 5.82 Å². The minimum Gasteiger partial charge on any atom is -0.455 e. The molecule has 0 aliphatic heterocycles. The van der Waals surface area contributed by atoms with Crippen LogP contribution in [0, 0.1) is 17.7 Å². The number of ether oxygens (including phenoxy) is 1. The number of hydrogen-bond acceptors (Lipinski definition) is 5. The summed E-state index contributed by atoms with van der Waals surface area (Å²) in [4.78, 5) is 27.6. The molecule has 1 aliphatic carbocycles. The number of carbonyl (C=O) groups excluding carboxylic acids is 2. The molecular weight excluding hydrogens is 319 g/mol. The largest absolute Gasteiger partial charge is 0.455 e. The topological polar surface area (TPSA) is 68.3 Å². The Bertz CT molecular complexity index is 729. The first-order chi connectivity index (χ1) is 11.0. The second-order valence-corrected chi connectivity index (χ2v) is 6.38. The Balaban J connectivity index is 1.53. The highest BCUT2D eigenvalue weighted by atomic mass is 32.1. The van der Waals surface area contributed by atoms with Gasteiger partial charge >= 0.3 is 5.97 Å². The van der Waals surface area contributed by atoms with Crippen molar-refractivity contribution in [2.75, 3.05) is 11.9 Å². The number of amides is 1. The SMILES string of the molecule is C[C@H]1C[C@@H]1C(=O)OCC(=O)Nc1nc(-c2ccc(F)cc2)cs1. The molecule has 0 saturated heterocycles. The molecule has 23 heavy (non-hydrogen) atoms. The Labute approximate surface area is 136 Å². The molecule has 1 aliphatic rings. The lowest BCUT2D eigenvalue weighted by atomic mass is 10.2. The summed E-state index contributed by atoms with van der Waals surface area (Å²) >= 11 is 1.25. The van der Waals surface area contributed by atoms with E-state index >= 15 is 0 Å². The molecule has 3 rings (SSSR count). The van der Waals surface area contributed by atoms with Crippen LogP contribution >= 0.6 is 11.3 Å². The van der Waals surface area contributed by atoms with Crippen molar-refractivity contribution < 1.29 is 18.7 Å². The van der Waals surface area contributed by atoms with Gasteiger partial charge in [-0.2, -0.15) is 0 Å². The van der Waals surface area contributed by atoms with E-state index in [4.69, 9.17) is 4.74 Å². The molecule has 1 fully saturated rings. The highest BCUT2D eigenvalue weighted by Gasteiger charge is 2.40. The number of aromatic nitrogens is 1. The Kier molecular flexibility index (Phi) is 4.38. The third kappa shape index (κ3) is 3.92. The third-order valence-corrected chi connectivity index (χ3v) is 4.41. The molecule has 120 valence electrons. The van der Waals surface area contributed by atoms with Gasteiger partial charge in [-0.1, -0.05) is 6.92 Å².